The van der Waals surface area contributed by atoms with Crippen LogP contribution in [0.15, 0.2) is 48.7 Å². The van der Waals surface area contributed by atoms with Gasteiger partial charge < -0.3 is 20.3 Å². The highest BCUT2D eigenvalue weighted by Gasteiger charge is 2.38. The number of carbonyl (C=O) groups is 3. The van der Waals surface area contributed by atoms with Crippen LogP contribution in [0.2, 0.25) is 0 Å². The molecule has 0 aliphatic carbocycles. The number of likely N-dealkylation sites (tertiary alicyclic amines) is 1. The van der Waals surface area contributed by atoms with Gasteiger partial charge in [-0.1, -0.05) is 36.4 Å². The van der Waals surface area contributed by atoms with Crippen molar-refractivity contribution in [3.05, 3.63) is 65.5 Å². The van der Waals surface area contributed by atoms with Gasteiger partial charge in [-0.25, -0.2) is 9.78 Å². The van der Waals surface area contributed by atoms with Crippen molar-refractivity contribution in [2.24, 2.45) is 0 Å². The molecule has 1 aromatic carbocycles. The second-order valence-electron chi connectivity index (χ2n) is 9.11. The highest BCUT2D eigenvalue weighted by molar-refractivity contribution is 5.92. The number of pyridine rings is 1. The van der Waals surface area contributed by atoms with E-state index < -0.39 is 23.8 Å². The summed E-state index contributed by atoms with van der Waals surface area (Å²) in [5.74, 6) is -0.654. The van der Waals surface area contributed by atoms with Gasteiger partial charge in [0.25, 0.3) is 0 Å². The summed E-state index contributed by atoms with van der Waals surface area (Å²) in [6, 6.07) is 12.9. The van der Waals surface area contributed by atoms with Crippen LogP contribution in [0, 0.1) is 11.3 Å². The lowest BCUT2D eigenvalue weighted by Crippen LogP contribution is -2.54. The Bertz CT molecular complexity index is 1100. The molecule has 1 fully saturated rings. The molecule has 0 radical (unpaired) electrons. The van der Waals surface area contributed by atoms with Gasteiger partial charge in [0, 0.05) is 27.1 Å². The SMILES string of the molecule is [2H]CC(C)(C)OC(=O)N[C@@H](Cc1ccccc1)C(=O)N1CCC[C@H]1C(=O)NCc1ccc(C#N)nc1. The summed E-state index contributed by atoms with van der Waals surface area (Å²) < 4.78 is 12.9. The number of ether oxygens (including phenoxy) is 1. The van der Waals surface area contributed by atoms with E-state index >= 15 is 0 Å². The first-order valence-corrected chi connectivity index (χ1v) is 11.5. The van der Waals surface area contributed by atoms with Crippen molar-refractivity contribution < 1.29 is 20.5 Å². The summed E-state index contributed by atoms with van der Waals surface area (Å²) in [6.07, 6.45) is 2.15. The molecule has 1 aliphatic rings. The van der Waals surface area contributed by atoms with Gasteiger partial charge in [0.1, 0.15) is 29.4 Å². The van der Waals surface area contributed by atoms with Crippen LogP contribution >= 0.6 is 0 Å². The normalized spacial score (nSPS) is 16.5. The van der Waals surface area contributed by atoms with Crippen LogP contribution in [0.25, 0.3) is 0 Å². The lowest BCUT2D eigenvalue weighted by Gasteiger charge is -2.29. The van der Waals surface area contributed by atoms with Gasteiger partial charge in [-0.15, -0.1) is 0 Å². The Kier molecular flexibility index (Phi) is 7.93. The quantitative estimate of drug-likeness (QED) is 0.630. The molecule has 3 amide bonds. The maximum absolute atomic E-state index is 13.6. The molecule has 9 heteroatoms. The van der Waals surface area contributed by atoms with Gasteiger partial charge in [0.2, 0.25) is 11.8 Å². The molecule has 0 unspecified atom stereocenters. The van der Waals surface area contributed by atoms with Crippen LogP contribution < -0.4 is 10.6 Å². The van der Waals surface area contributed by atoms with Gasteiger partial charge in [0.15, 0.2) is 0 Å². The highest BCUT2D eigenvalue weighted by Crippen LogP contribution is 2.20. The van der Waals surface area contributed by atoms with Crippen molar-refractivity contribution >= 4 is 17.9 Å². The zero-order valence-electron chi connectivity index (χ0n) is 21.0. The lowest BCUT2D eigenvalue weighted by molar-refractivity contribution is -0.140. The van der Waals surface area contributed by atoms with Crippen LogP contribution in [0.5, 0.6) is 0 Å². The second-order valence-corrected chi connectivity index (χ2v) is 9.11. The number of nitrogens with one attached hydrogen (secondary N) is 2. The minimum atomic E-state index is -0.999. The Morgan fingerprint density at radius 2 is 2.03 bits per heavy atom. The number of hydrogen-bond donors (Lipinski definition) is 2. The number of aromatic nitrogens is 1. The van der Waals surface area contributed by atoms with Gasteiger partial charge in [0.05, 0.1) is 0 Å². The summed E-state index contributed by atoms with van der Waals surface area (Å²) in [5.41, 5.74) is 0.881. The van der Waals surface area contributed by atoms with Crippen LogP contribution in [0.4, 0.5) is 4.79 Å². The molecule has 2 N–H and O–H groups in total. The van der Waals surface area contributed by atoms with E-state index in [1.165, 1.54) is 11.1 Å². The van der Waals surface area contributed by atoms with Crippen LogP contribution in [-0.4, -0.2) is 52.0 Å². The van der Waals surface area contributed by atoms with E-state index in [4.69, 9.17) is 11.4 Å². The first kappa shape index (κ1) is 24.2. The third kappa shape index (κ3) is 7.54. The topological polar surface area (TPSA) is 124 Å². The Labute approximate surface area is 206 Å². The van der Waals surface area contributed by atoms with Crippen molar-refractivity contribution in [3.63, 3.8) is 0 Å². The van der Waals surface area contributed by atoms with Crippen molar-refractivity contribution in [2.75, 3.05) is 6.54 Å². The molecule has 35 heavy (non-hydrogen) atoms. The Hall–Kier alpha value is -3.93. The first-order valence-electron chi connectivity index (χ1n) is 12.2. The van der Waals surface area contributed by atoms with E-state index in [0.717, 1.165) is 11.1 Å². The van der Waals surface area contributed by atoms with Gasteiger partial charge >= 0.3 is 6.09 Å². The molecule has 3 rings (SSSR count). The predicted octanol–water partition coefficient (Wildman–Crippen LogP) is 2.70. The zero-order chi connectivity index (χ0) is 26.1. The van der Waals surface area contributed by atoms with E-state index in [9.17, 15) is 14.4 Å². The van der Waals surface area contributed by atoms with Crippen LogP contribution in [0.1, 0.15) is 51.8 Å². The molecule has 2 atom stereocenters. The molecule has 1 aliphatic heterocycles. The van der Waals surface area contributed by atoms with Crippen LogP contribution in [-0.2, 0) is 27.3 Å². The number of alkyl carbamates (subject to hydrolysis) is 1. The molecule has 1 saturated heterocycles. The second kappa shape index (κ2) is 11.5. The van der Waals surface area contributed by atoms with E-state index in [0.29, 0.717) is 25.1 Å². The molecule has 9 nitrogen and oxygen atoms in total. The molecular formula is C26H31N5O4. The highest BCUT2D eigenvalue weighted by atomic mass is 16.6. The Balaban J connectivity index is 1.70. The fourth-order valence-electron chi connectivity index (χ4n) is 3.88. The van der Waals surface area contributed by atoms with Gasteiger partial charge in [-0.3, -0.25) is 9.59 Å². The average Bonchev–Trinajstić information content (AvgIpc) is 3.37. The number of nitriles is 1. The lowest BCUT2D eigenvalue weighted by atomic mass is 10.0. The summed E-state index contributed by atoms with van der Waals surface area (Å²) in [7, 11) is 0. The minimum absolute atomic E-state index is 0.124. The third-order valence-electron chi connectivity index (χ3n) is 5.49. The van der Waals surface area contributed by atoms with E-state index in [1.54, 1.807) is 26.0 Å². The maximum atomic E-state index is 13.6. The molecule has 0 saturated carbocycles. The van der Waals surface area contributed by atoms with Crippen molar-refractivity contribution in [3.8, 4) is 6.07 Å². The number of rotatable bonds is 7. The van der Waals surface area contributed by atoms with Gasteiger partial charge in [-0.2, -0.15) is 5.26 Å². The smallest absolute Gasteiger partial charge is 0.408 e. The van der Waals surface area contributed by atoms with Crippen molar-refractivity contribution in [1.29, 1.82) is 5.26 Å². The number of hydrogen-bond acceptors (Lipinski definition) is 6. The minimum Gasteiger partial charge on any atom is -0.444 e. The van der Waals surface area contributed by atoms with E-state index in [-0.39, 0.29) is 31.7 Å². The van der Waals surface area contributed by atoms with E-state index in [2.05, 4.69) is 15.6 Å². The van der Waals surface area contributed by atoms with Crippen molar-refractivity contribution in [2.45, 2.75) is 64.2 Å². The zero-order valence-corrected chi connectivity index (χ0v) is 20.0. The predicted molar refractivity (Wildman–Crippen MR) is 129 cm³/mol. The molecule has 0 spiro atoms. The number of amides is 3. The molecule has 2 heterocycles. The summed E-state index contributed by atoms with van der Waals surface area (Å²) in [4.78, 5) is 44.6. The van der Waals surface area contributed by atoms with Gasteiger partial charge in [-0.05, 0) is 50.8 Å². The largest absolute Gasteiger partial charge is 0.444 e. The number of benzene rings is 1. The standard InChI is InChI=1S/C26H31N5O4/c1-26(2,3)35-25(34)30-21(14-18-8-5-4-6-9-18)24(33)31-13-7-10-22(31)23(32)29-17-19-11-12-20(15-27)28-16-19/h4-6,8-9,11-12,16,21-22H,7,10,13-14,17H2,1-3H3,(H,29,32)(H,30,34)/t21-,22-/m0/s1/i1D. The Morgan fingerprint density at radius 1 is 1.26 bits per heavy atom. The monoisotopic (exact) mass is 478 g/mol. The molecule has 184 valence electrons. The number of carbonyl (C=O) groups excluding carboxylic acids is 3. The molecule has 1 aromatic heterocycles. The Morgan fingerprint density at radius 3 is 2.69 bits per heavy atom. The maximum Gasteiger partial charge on any atom is 0.408 e. The molecule has 0 bridgehead atoms. The molecular weight excluding hydrogens is 446 g/mol. The fraction of sp³-hybridized carbons (Fsp3) is 0.423. The van der Waals surface area contributed by atoms with Crippen LogP contribution in [0.3, 0.4) is 0 Å². The third-order valence-corrected chi connectivity index (χ3v) is 5.49. The average molecular weight is 479 g/mol. The summed E-state index contributed by atoms with van der Waals surface area (Å²) in [6.45, 7) is 3.74. The number of nitrogens with zero attached hydrogens (tertiary/aromatic N) is 3. The van der Waals surface area contributed by atoms with E-state index in [1.807, 2.05) is 36.4 Å². The molecule has 2 aromatic rings. The van der Waals surface area contributed by atoms with Crippen molar-refractivity contribution in [1.82, 2.24) is 20.5 Å². The first-order chi connectivity index (χ1) is 17.2. The summed E-state index contributed by atoms with van der Waals surface area (Å²) in [5, 5.41) is 14.4. The summed E-state index contributed by atoms with van der Waals surface area (Å²) >= 11 is 0. The fourth-order valence-corrected chi connectivity index (χ4v) is 3.88.